The van der Waals surface area contributed by atoms with Gasteiger partial charge in [-0.2, -0.15) is 0 Å². The number of hydrogen-bond donors (Lipinski definition) is 2. The number of aryl methyl sites for hydroxylation is 1. The van der Waals surface area contributed by atoms with Crippen molar-refractivity contribution in [1.29, 1.82) is 0 Å². The van der Waals surface area contributed by atoms with Gasteiger partial charge in [0.1, 0.15) is 6.04 Å². The molecule has 5 heteroatoms. The van der Waals surface area contributed by atoms with Gasteiger partial charge < -0.3 is 15.5 Å². The second kappa shape index (κ2) is 5.89. The Hall–Kier alpha value is -1.52. The zero-order valence-electron chi connectivity index (χ0n) is 10.4. The summed E-state index contributed by atoms with van der Waals surface area (Å²) in [5, 5.41) is 1.12. The monoisotopic (exact) mass is 268 g/mol. The summed E-state index contributed by atoms with van der Waals surface area (Å²) in [5.74, 6) is -0.382. The van der Waals surface area contributed by atoms with Crippen LogP contribution in [0.2, 0.25) is 0 Å². The van der Waals surface area contributed by atoms with Gasteiger partial charge in [0.15, 0.2) is 0 Å². The predicted molar refractivity (Wildman–Crippen MR) is 74.0 cm³/mol. The Balaban J connectivity index is 0.00000162. The van der Waals surface area contributed by atoms with Crippen LogP contribution in [0.4, 0.5) is 0 Å². The Morgan fingerprint density at radius 3 is 2.89 bits per heavy atom. The molecular weight excluding hydrogens is 252 g/mol. The van der Waals surface area contributed by atoms with E-state index in [0.29, 0.717) is 6.42 Å². The van der Waals surface area contributed by atoms with E-state index in [1.807, 2.05) is 25.3 Å². The first kappa shape index (κ1) is 14.5. The van der Waals surface area contributed by atoms with Crippen LogP contribution >= 0.6 is 12.4 Å². The smallest absolute Gasteiger partial charge is 0.322 e. The molecule has 0 fully saturated rings. The second-order valence-electron chi connectivity index (χ2n) is 4.20. The van der Waals surface area contributed by atoms with Gasteiger partial charge in [0.25, 0.3) is 0 Å². The van der Waals surface area contributed by atoms with Crippen molar-refractivity contribution in [3.05, 3.63) is 35.5 Å². The standard InChI is InChI=1S/C13H16N2O2.ClH/c1-8-3-4-12-10(5-8)9(7-15-12)6-11(14)13(16)17-2;/h3-5,7,11,15H,6,14H2,1-2H3;1H/t11-;/m0./s1. The van der Waals surface area contributed by atoms with Crippen LogP contribution < -0.4 is 5.73 Å². The van der Waals surface area contributed by atoms with Crippen LogP contribution in [-0.2, 0) is 16.0 Å². The minimum absolute atomic E-state index is 0. The number of H-pyrrole nitrogens is 1. The van der Waals surface area contributed by atoms with Crippen LogP contribution in [0.25, 0.3) is 10.9 Å². The number of carbonyl (C=O) groups excluding carboxylic acids is 1. The lowest BCUT2D eigenvalue weighted by Gasteiger charge is -2.08. The van der Waals surface area contributed by atoms with E-state index < -0.39 is 6.04 Å². The minimum Gasteiger partial charge on any atom is -0.468 e. The Labute approximate surface area is 112 Å². The first-order valence-electron chi connectivity index (χ1n) is 5.52. The van der Waals surface area contributed by atoms with Gasteiger partial charge >= 0.3 is 5.97 Å². The predicted octanol–water partition coefficient (Wildman–Crippen LogP) is 1.94. The van der Waals surface area contributed by atoms with Crippen molar-refractivity contribution in [3.63, 3.8) is 0 Å². The molecule has 2 rings (SSSR count). The molecule has 0 radical (unpaired) electrons. The largest absolute Gasteiger partial charge is 0.468 e. The lowest BCUT2D eigenvalue weighted by molar-refractivity contribution is -0.142. The molecule has 0 unspecified atom stereocenters. The van der Waals surface area contributed by atoms with Crippen molar-refractivity contribution in [1.82, 2.24) is 4.98 Å². The number of benzene rings is 1. The van der Waals surface area contributed by atoms with Crippen molar-refractivity contribution in [2.75, 3.05) is 7.11 Å². The molecule has 1 atom stereocenters. The number of methoxy groups -OCH3 is 1. The molecule has 0 amide bonds. The number of aromatic nitrogens is 1. The van der Waals surface area contributed by atoms with Gasteiger partial charge in [-0.1, -0.05) is 11.6 Å². The molecule has 1 aromatic carbocycles. The number of carbonyl (C=O) groups is 1. The van der Waals surface area contributed by atoms with E-state index in [0.717, 1.165) is 16.5 Å². The van der Waals surface area contributed by atoms with Crippen LogP contribution in [0.5, 0.6) is 0 Å². The molecule has 0 saturated carbocycles. The van der Waals surface area contributed by atoms with Crippen LogP contribution in [0.15, 0.2) is 24.4 Å². The van der Waals surface area contributed by atoms with Crippen LogP contribution in [0.3, 0.4) is 0 Å². The second-order valence-corrected chi connectivity index (χ2v) is 4.20. The number of ether oxygens (including phenoxy) is 1. The van der Waals surface area contributed by atoms with Crippen molar-refractivity contribution in [2.24, 2.45) is 5.73 Å². The van der Waals surface area contributed by atoms with E-state index in [9.17, 15) is 4.79 Å². The average molecular weight is 269 g/mol. The first-order chi connectivity index (χ1) is 8.11. The summed E-state index contributed by atoms with van der Waals surface area (Å²) in [5.41, 5.74) is 9.05. The van der Waals surface area contributed by atoms with E-state index in [2.05, 4.69) is 15.8 Å². The zero-order chi connectivity index (χ0) is 12.4. The van der Waals surface area contributed by atoms with Gasteiger partial charge in [0.2, 0.25) is 0 Å². The van der Waals surface area contributed by atoms with Gasteiger partial charge in [-0.15, -0.1) is 12.4 Å². The highest BCUT2D eigenvalue weighted by Gasteiger charge is 2.16. The number of nitrogens with two attached hydrogens (primary N) is 1. The van der Waals surface area contributed by atoms with Crippen LogP contribution in [0.1, 0.15) is 11.1 Å². The first-order valence-corrected chi connectivity index (χ1v) is 5.52. The Morgan fingerprint density at radius 2 is 2.22 bits per heavy atom. The van der Waals surface area contributed by atoms with Gasteiger partial charge in [0, 0.05) is 23.5 Å². The molecule has 1 heterocycles. The summed E-state index contributed by atoms with van der Waals surface area (Å²) >= 11 is 0. The molecule has 98 valence electrons. The fourth-order valence-corrected chi connectivity index (χ4v) is 1.93. The molecule has 4 nitrogen and oxygen atoms in total. The molecule has 1 aromatic heterocycles. The van der Waals surface area contributed by atoms with Gasteiger partial charge in [-0.05, 0) is 24.6 Å². The van der Waals surface area contributed by atoms with Gasteiger partial charge in [-0.25, -0.2) is 0 Å². The number of halogens is 1. The number of hydrogen-bond acceptors (Lipinski definition) is 3. The van der Waals surface area contributed by atoms with Crippen LogP contribution in [0, 0.1) is 6.92 Å². The molecule has 0 aliphatic heterocycles. The lowest BCUT2D eigenvalue weighted by Crippen LogP contribution is -2.33. The highest BCUT2D eigenvalue weighted by molar-refractivity contribution is 5.85. The summed E-state index contributed by atoms with van der Waals surface area (Å²) in [6.07, 6.45) is 2.38. The minimum atomic E-state index is -0.612. The number of fused-ring (bicyclic) bond motifs is 1. The summed E-state index contributed by atoms with van der Waals surface area (Å²) in [6, 6.07) is 5.55. The molecule has 0 aliphatic rings. The molecular formula is C13H17ClN2O2. The summed E-state index contributed by atoms with van der Waals surface area (Å²) < 4.78 is 4.62. The molecule has 0 aliphatic carbocycles. The summed E-state index contributed by atoms with van der Waals surface area (Å²) in [7, 11) is 1.35. The highest BCUT2D eigenvalue weighted by Crippen LogP contribution is 2.20. The normalized spacial score (nSPS) is 11.9. The fourth-order valence-electron chi connectivity index (χ4n) is 1.93. The Kier molecular flexibility index (Phi) is 4.76. The zero-order valence-corrected chi connectivity index (χ0v) is 11.2. The van der Waals surface area contributed by atoms with Crippen molar-refractivity contribution >= 4 is 29.3 Å². The molecule has 3 N–H and O–H groups in total. The molecule has 0 bridgehead atoms. The number of rotatable bonds is 3. The van der Waals surface area contributed by atoms with Crippen molar-refractivity contribution < 1.29 is 9.53 Å². The van der Waals surface area contributed by atoms with E-state index in [1.54, 1.807) is 0 Å². The maximum absolute atomic E-state index is 11.3. The van der Waals surface area contributed by atoms with Crippen molar-refractivity contribution in [3.8, 4) is 0 Å². The van der Waals surface area contributed by atoms with E-state index in [1.165, 1.54) is 12.7 Å². The van der Waals surface area contributed by atoms with E-state index >= 15 is 0 Å². The quantitative estimate of drug-likeness (QED) is 0.836. The number of aromatic amines is 1. The van der Waals surface area contributed by atoms with E-state index in [-0.39, 0.29) is 18.4 Å². The maximum atomic E-state index is 11.3. The molecule has 18 heavy (non-hydrogen) atoms. The SMILES string of the molecule is COC(=O)[C@@H](N)Cc1c[nH]c2ccc(C)cc12.Cl. The van der Waals surface area contributed by atoms with Gasteiger partial charge in [0.05, 0.1) is 7.11 Å². The molecule has 0 spiro atoms. The topological polar surface area (TPSA) is 68.1 Å². The number of esters is 1. The Bertz CT molecular complexity index is 551. The highest BCUT2D eigenvalue weighted by atomic mass is 35.5. The third kappa shape index (κ3) is 2.83. The molecule has 2 aromatic rings. The van der Waals surface area contributed by atoms with E-state index in [4.69, 9.17) is 5.73 Å². The average Bonchev–Trinajstić information content (AvgIpc) is 2.71. The fraction of sp³-hybridized carbons (Fsp3) is 0.308. The van der Waals surface area contributed by atoms with Crippen LogP contribution in [-0.4, -0.2) is 24.1 Å². The summed E-state index contributed by atoms with van der Waals surface area (Å²) in [4.78, 5) is 14.5. The Morgan fingerprint density at radius 1 is 1.50 bits per heavy atom. The maximum Gasteiger partial charge on any atom is 0.322 e. The molecule has 0 saturated heterocycles. The summed E-state index contributed by atoms with van der Waals surface area (Å²) in [6.45, 7) is 2.04. The number of nitrogens with one attached hydrogen (secondary N) is 1. The third-order valence-corrected chi connectivity index (χ3v) is 2.87. The van der Waals surface area contributed by atoms with Crippen molar-refractivity contribution in [2.45, 2.75) is 19.4 Å². The lowest BCUT2D eigenvalue weighted by atomic mass is 10.0. The van der Waals surface area contributed by atoms with Gasteiger partial charge in [-0.3, -0.25) is 4.79 Å². The third-order valence-electron chi connectivity index (χ3n) is 2.87.